The minimum absolute atomic E-state index is 0.0439. The lowest BCUT2D eigenvalue weighted by molar-refractivity contribution is -0.143. The molecule has 0 heterocycles. The van der Waals surface area contributed by atoms with Crippen LogP contribution in [0.2, 0.25) is 5.02 Å². The Hall–Kier alpha value is -3.45. The summed E-state index contributed by atoms with van der Waals surface area (Å²) in [6.07, 6.45) is 0.210. The first-order valence-electron chi connectivity index (χ1n) is 11.5. The van der Waals surface area contributed by atoms with E-state index < -0.39 is 27.4 Å². The van der Waals surface area contributed by atoms with E-state index in [0.717, 1.165) is 22.3 Å². The molecule has 5 rings (SSSR count). The Kier molecular flexibility index (Phi) is 6.43. The molecular formula is C29H24ClNO4S. The Labute approximate surface area is 215 Å². The number of carboxylic acids is 1. The predicted molar refractivity (Wildman–Crippen MR) is 140 cm³/mol. The van der Waals surface area contributed by atoms with Crippen LogP contribution in [-0.4, -0.2) is 29.3 Å². The molecule has 7 heteroatoms. The van der Waals surface area contributed by atoms with Crippen LogP contribution in [0.5, 0.6) is 0 Å². The van der Waals surface area contributed by atoms with Crippen LogP contribution in [0.4, 0.5) is 0 Å². The minimum Gasteiger partial charge on any atom is -0.480 e. The fraction of sp³-hybridized carbons (Fsp3) is 0.138. The standard InChI is InChI=1S/C29H24ClNO4S/c30-25-15-11-22(12-16-25)23-13-17-26(18-14-23)36(34,35)31(20-21-7-3-1-4-8-21)29(28(32)33)19-27(29)24-9-5-2-6-10-24/h1-18,27H,19-20H2,(H,32,33)/t27-,29?/m0/s1. The summed E-state index contributed by atoms with van der Waals surface area (Å²) in [7, 11) is -4.15. The van der Waals surface area contributed by atoms with Crippen molar-refractivity contribution >= 4 is 27.6 Å². The van der Waals surface area contributed by atoms with Gasteiger partial charge >= 0.3 is 5.97 Å². The fourth-order valence-electron chi connectivity index (χ4n) is 4.73. The number of hydrogen-bond acceptors (Lipinski definition) is 3. The molecule has 1 N–H and O–H groups in total. The third-order valence-corrected chi connectivity index (χ3v) is 8.89. The van der Waals surface area contributed by atoms with Crippen LogP contribution >= 0.6 is 11.6 Å². The smallest absolute Gasteiger partial charge is 0.325 e. The maximum atomic E-state index is 14.0. The second-order valence-electron chi connectivity index (χ2n) is 8.93. The lowest BCUT2D eigenvalue weighted by Gasteiger charge is -2.30. The highest BCUT2D eigenvalue weighted by Gasteiger charge is 2.67. The molecular weight excluding hydrogens is 494 g/mol. The summed E-state index contributed by atoms with van der Waals surface area (Å²) in [6, 6.07) is 32.1. The summed E-state index contributed by atoms with van der Waals surface area (Å²) < 4.78 is 29.3. The molecule has 4 aromatic rings. The molecule has 1 aliphatic carbocycles. The van der Waals surface area contributed by atoms with Crippen molar-refractivity contribution in [1.82, 2.24) is 4.31 Å². The topological polar surface area (TPSA) is 74.7 Å². The first kappa shape index (κ1) is 24.3. The Bertz CT molecular complexity index is 1470. The molecule has 2 atom stereocenters. The molecule has 36 heavy (non-hydrogen) atoms. The number of rotatable bonds is 8. The van der Waals surface area contributed by atoms with Crippen molar-refractivity contribution in [2.75, 3.05) is 0 Å². The summed E-state index contributed by atoms with van der Waals surface area (Å²) in [4.78, 5) is 12.8. The average molecular weight is 518 g/mol. The van der Waals surface area contributed by atoms with Crippen molar-refractivity contribution in [2.24, 2.45) is 0 Å². The van der Waals surface area contributed by atoms with Gasteiger partial charge < -0.3 is 5.11 Å². The zero-order valence-corrected chi connectivity index (χ0v) is 20.9. The Balaban J connectivity index is 1.56. The SMILES string of the molecule is O=C(O)C1(N(Cc2ccccc2)S(=O)(=O)c2ccc(-c3ccc(Cl)cc3)cc2)C[C@H]1c1ccccc1. The van der Waals surface area contributed by atoms with Gasteiger partial charge in [0.25, 0.3) is 0 Å². The van der Waals surface area contributed by atoms with Gasteiger partial charge in [0, 0.05) is 17.5 Å². The molecule has 0 spiro atoms. The lowest BCUT2D eigenvalue weighted by Crippen LogP contribution is -2.48. The van der Waals surface area contributed by atoms with Gasteiger partial charge in [-0.3, -0.25) is 4.79 Å². The van der Waals surface area contributed by atoms with Gasteiger partial charge in [0.1, 0.15) is 5.54 Å². The molecule has 0 saturated heterocycles. The molecule has 0 aliphatic heterocycles. The molecule has 4 aromatic carbocycles. The number of benzene rings is 4. The number of carboxylic acid groups (broad SMARTS) is 1. The highest BCUT2D eigenvalue weighted by Crippen LogP contribution is 2.57. The van der Waals surface area contributed by atoms with E-state index in [1.54, 1.807) is 24.3 Å². The third-order valence-electron chi connectivity index (χ3n) is 6.74. The lowest BCUT2D eigenvalue weighted by atomic mass is 10.1. The Morgan fingerprint density at radius 1 is 0.833 bits per heavy atom. The average Bonchev–Trinajstić information content (AvgIpc) is 3.66. The molecule has 182 valence electrons. The number of carbonyl (C=O) groups is 1. The predicted octanol–water partition coefficient (Wildman–Crippen LogP) is 6.21. The van der Waals surface area contributed by atoms with Crippen molar-refractivity contribution in [3.8, 4) is 11.1 Å². The van der Waals surface area contributed by atoms with Gasteiger partial charge in [-0.2, -0.15) is 4.31 Å². The van der Waals surface area contributed by atoms with Gasteiger partial charge in [-0.25, -0.2) is 8.42 Å². The molecule has 1 unspecified atom stereocenters. The van der Waals surface area contributed by atoms with Crippen molar-refractivity contribution in [2.45, 2.75) is 29.3 Å². The van der Waals surface area contributed by atoms with Crippen LogP contribution in [0.15, 0.2) is 114 Å². The Morgan fingerprint density at radius 3 is 1.92 bits per heavy atom. The van der Waals surface area contributed by atoms with Gasteiger partial charge in [0.05, 0.1) is 4.90 Å². The van der Waals surface area contributed by atoms with Crippen LogP contribution in [0, 0.1) is 0 Å². The van der Waals surface area contributed by atoms with Gasteiger partial charge in [-0.1, -0.05) is 96.5 Å². The monoisotopic (exact) mass is 517 g/mol. The number of halogens is 1. The van der Waals surface area contributed by atoms with Gasteiger partial charge in [0.15, 0.2) is 0 Å². The second kappa shape index (κ2) is 9.54. The molecule has 0 amide bonds. The van der Waals surface area contributed by atoms with Crippen LogP contribution in [0.3, 0.4) is 0 Å². The van der Waals surface area contributed by atoms with Crippen LogP contribution in [-0.2, 0) is 21.4 Å². The van der Waals surface area contributed by atoms with Crippen molar-refractivity contribution < 1.29 is 18.3 Å². The molecule has 1 fully saturated rings. The van der Waals surface area contributed by atoms with E-state index in [1.807, 2.05) is 72.8 Å². The fourth-order valence-corrected chi connectivity index (χ4v) is 6.62. The Morgan fingerprint density at radius 2 is 1.36 bits per heavy atom. The zero-order chi connectivity index (χ0) is 25.3. The molecule has 0 bridgehead atoms. The van der Waals surface area contributed by atoms with Crippen molar-refractivity contribution in [1.29, 1.82) is 0 Å². The molecule has 0 aromatic heterocycles. The summed E-state index contributed by atoms with van der Waals surface area (Å²) in [5.74, 6) is -1.59. The van der Waals surface area contributed by atoms with E-state index in [2.05, 4.69) is 0 Å². The first-order valence-corrected chi connectivity index (χ1v) is 13.4. The van der Waals surface area contributed by atoms with Crippen molar-refractivity contribution in [3.63, 3.8) is 0 Å². The maximum Gasteiger partial charge on any atom is 0.325 e. The second-order valence-corrected chi connectivity index (χ2v) is 11.2. The van der Waals surface area contributed by atoms with E-state index in [9.17, 15) is 18.3 Å². The van der Waals surface area contributed by atoms with Crippen LogP contribution < -0.4 is 0 Å². The molecule has 0 radical (unpaired) electrons. The maximum absolute atomic E-state index is 14.0. The number of nitrogens with zero attached hydrogens (tertiary/aromatic N) is 1. The third kappa shape index (κ3) is 4.44. The van der Waals surface area contributed by atoms with Crippen LogP contribution in [0.25, 0.3) is 11.1 Å². The van der Waals surface area contributed by atoms with E-state index >= 15 is 0 Å². The highest BCUT2D eigenvalue weighted by atomic mass is 35.5. The summed E-state index contributed by atoms with van der Waals surface area (Å²) in [5, 5.41) is 11.0. The largest absolute Gasteiger partial charge is 0.480 e. The van der Waals surface area contributed by atoms with E-state index in [0.29, 0.717) is 5.02 Å². The molecule has 1 saturated carbocycles. The van der Waals surface area contributed by atoms with Gasteiger partial charge in [-0.15, -0.1) is 0 Å². The normalized spacial score (nSPS) is 19.2. The molecule has 5 nitrogen and oxygen atoms in total. The minimum atomic E-state index is -4.15. The quantitative estimate of drug-likeness (QED) is 0.301. The zero-order valence-electron chi connectivity index (χ0n) is 19.3. The number of sulfonamides is 1. The van der Waals surface area contributed by atoms with Crippen LogP contribution in [0.1, 0.15) is 23.5 Å². The first-order chi connectivity index (χ1) is 17.3. The van der Waals surface area contributed by atoms with E-state index in [-0.39, 0.29) is 17.9 Å². The summed E-state index contributed by atoms with van der Waals surface area (Å²) in [6.45, 7) is -0.0439. The summed E-state index contributed by atoms with van der Waals surface area (Å²) >= 11 is 5.98. The van der Waals surface area contributed by atoms with E-state index in [1.165, 1.54) is 16.4 Å². The number of hydrogen-bond donors (Lipinski definition) is 1. The number of aliphatic carboxylic acids is 1. The van der Waals surface area contributed by atoms with E-state index in [4.69, 9.17) is 11.6 Å². The summed E-state index contributed by atoms with van der Waals surface area (Å²) in [5.41, 5.74) is 1.70. The highest BCUT2D eigenvalue weighted by molar-refractivity contribution is 7.89. The van der Waals surface area contributed by atoms with Crippen molar-refractivity contribution in [3.05, 3.63) is 125 Å². The van der Waals surface area contributed by atoms with Gasteiger partial charge in [0.2, 0.25) is 10.0 Å². The molecule has 1 aliphatic rings. The van der Waals surface area contributed by atoms with Gasteiger partial charge in [-0.05, 0) is 52.9 Å².